The molecule has 0 radical (unpaired) electrons. The molecule has 0 atom stereocenters. The fourth-order valence-corrected chi connectivity index (χ4v) is 2.79. The van der Waals surface area contributed by atoms with Crippen LogP contribution in [0.15, 0.2) is 42.9 Å². The van der Waals surface area contributed by atoms with E-state index < -0.39 is 11.4 Å². The SMILES string of the molecule is CN(c1cccc(C#CC(C)(C)O)c1)c1nc2nncn2c2ncc(F)cc12. The van der Waals surface area contributed by atoms with Gasteiger partial charge in [0.15, 0.2) is 5.65 Å². The molecule has 8 heteroatoms. The lowest BCUT2D eigenvalue weighted by atomic mass is 10.1. The molecule has 0 aliphatic carbocycles. The fourth-order valence-electron chi connectivity index (χ4n) is 2.79. The Hall–Kier alpha value is -3.57. The van der Waals surface area contributed by atoms with Gasteiger partial charge < -0.3 is 10.0 Å². The van der Waals surface area contributed by atoms with Gasteiger partial charge in [0.1, 0.15) is 23.6 Å². The minimum Gasteiger partial charge on any atom is -0.378 e. The van der Waals surface area contributed by atoms with Crippen LogP contribution in [-0.4, -0.2) is 42.3 Å². The van der Waals surface area contributed by atoms with E-state index >= 15 is 0 Å². The van der Waals surface area contributed by atoms with E-state index in [-0.39, 0.29) is 0 Å². The second-order valence-corrected chi connectivity index (χ2v) is 6.88. The monoisotopic (exact) mass is 376 g/mol. The molecular formula is C20H17FN6O. The molecule has 4 rings (SSSR count). The average Bonchev–Trinajstić information content (AvgIpc) is 3.13. The van der Waals surface area contributed by atoms with Gasteiger partial charge in [0, 0.05) is 18.3 Å². The van der Waals surface area contributed by atoms with E-state index in [1.807, 2.05) is 36.2 Å². The lowest BCUT2D eigenvalue weighted by Crippen LogP contribution is -2.15. The summed E-state index contributed by atoms with van der Waals surface area (Å²) in [6, 6.07) is 8.86. The molecule has 0 aliphatic heterocycles. The van der Waals surface area contributed by atoms with Crippen molar-refractivity contribution in [3.8, 4) is 11.8 Å². The molecule has 0 saturated carbocycles. The van der Waals surface area contributed by atoms with Crippen molar-refractivity contribution in [1.29, 1.82) is 0 Å². The molecular weight excluding hydrogens is 359 g/mol. The highest BCUT2D eigenvalue weighted by atomic mass is 19.1. The maximum atomic E-state index is 13.9. The first-order chi connectivity index (χ1) is 13.3. The number of anilines is 2. The second kappa shape index (κ2) is 6.55. The van der Waals surface area contributed by atoms with Crippen LogP contribution in [0.3, 0.4) is 0 Å². The van der Waals surface area contributed by atoms with Crippen molar-refractivity contribution in [2.24, 2.45) is 0 Å². The van der Waals surface area contributed by atoms with Gasteiger partial charge >= 0.3 is 0 Å². The summed E-state index contributed by atoms with van der Waals surface area (Å²) in [6.07, 6.45) is 2.64. The largest absolute Gasteiger partial charge is 0.378 e. The summed E-state index contributed by atoms with van der Waals surface area (Å²) in [6.45, 7) is 3.25. The maximum Gasteiger partial charge on any atom is 0.258 e. The van der Waals surface area contributed by atoms with Crippen molar-refractivity contribution >= 4 is 28.3 Å². The second-order valence-electron chi connectivity index (χ2n) is 6.88. The van der Waals surface area contributed by atoms with Crippen molar-refractivity contribution in [1.82, 2.24) is 24.6 Å². The van der Waals surface area contributed by atoms with Crippen LogP contribution in [0.5, 0.6) is 0 Å². The lowest BCUT2D eigenvalue weighted by Gasteiger charge is -2.20. The van der Waals surface area contributed by atoms with Gasteiger partial charge in [0.05, 0.1) is 11.6 Å². The van der Waals surface area contributed by atoms with Crippen LogP contribution in [0.1, 0.15) is 19.4 Å². The van der Waals surface area contributed by atoms with Crippen LogP contribution < -0.4 is 4.90 Å². The van der Waals surface area contributed by atoms with Gasteiger partial charge in [-0.2, -0.15) is 4.98 Å². The smallest absolute Gasteiger partial charge is 0.258 e. The van der Waals surface area contributed by atoms with E-state index in [9.17, 15) is 9.50 Å². The summed E-state index contributed by atoms with van der Waals surface area (Å²) in [5.74, 6) is 6.15. The van der Waals surface area contributed by atoms with Crippen LogP contribution in [-0.2, 0) is 0 Å². The quantitative estimate of drug-likeness (QED) is 0.542. The number of rotatable bonds is 2. The first kappa shape index (κ1) is 17.8. The van der Waals surface area contributed by atoms with Crippen LogP contribution in [0, 0.1) is 17.7 Å². The number of aliphatic hydroxyl groups is 1. The van der Waals surface area contributed by atoms with Gasteiger partial charge in [0.25, 0.3) is 5.78 Å². The first-order valence-electron chi connectivity index (χ1n) is 8.56. The molecule has 0 amide bonds. The van der Waals surface area contributed by atoms with E-state index in [0.717, 1.165) is 17.4 Å². The molecule has 0 spiro atoms. The zero-order valence-corrected chi connectivity index (χ0v) is 15.5. The van der Waals surface area contributed by atoms with Crippen molar-refractivity contribution < 1.29 is 9.50 Å². The molecule has 0 fully saturated rings. The van der Waals surface area contributed by atoms with Crippen LogP contribution in [0.2, 0.25) is 0 Å². The highest BCUT2D eigenvalue weighted by Gasteiger charge is 2.16. The molecule has 3 aromatic heterocycles. The van der Waals surface area contributed by atoms with Crippen molar-refractivity contribution in [2.75, 3.05) is 11.9 Å². The number of hydrogen-bond donors (Lipinski definition) is 1. The fraction of sp³-hybridized carbons (Fsp3) is 0.200. The van der Waals surface area contributed by atoms with Gasteiger partial charge in [-0.25, -0.2) is 13.8 Å². The van der Waals surface area contributed by atoms with Gasteiger partial charge in [-0.15, -0.1) is 10.2 Å². The van der Waals surface area contributed by atoms with Gasteiger partial charge in [0.2, 0.25) is 0 Å². The Bertz CT molecular complexity index is 1250. The molecule has 1 N–H and O–H groups in total. The third-order valence-corrected chi connectivity index (χ3v) is 4.10. The highest BCUT2D eigenvalue weighted by Crippen LogP contribution is 2.29. The molecule has 0 aliphatic rings. The molecule has 0 bridgehead atoms. The molecule has 140 valence electrons. The third-order valence-electron chi connectivity index (χ3n) is 4.10. The lowest BCUT2D eigenvalue weighted by molar-refractivity contribution is 0.143. The summed E-state index contributed by atoms with van der Waals surface area (Å²) >= 11 is 0. The van der Waals surface area contributed by atoms with Gasteiger partial charge in [-0.1, -0.05) is 17.9 Å². The highest BCUT2D eigenvalue weighted by molar-refractivity contribution is 5.91. The zero-order valence-electron chi connectivity index (χ0n) is 15.5. The average molecular weight is 376 g/mol. The summed E-state index contributed by atoms with van der Waals surface area (Å²) in [4.78, 5) is 10.5. The van der Waals surface area contributed by atoms with E-state index in [4.69, 9.17) is 0 Å². The predicted octanol–water partition coefficient (Wildman–Crippen LogP) is 2.70. The molecule has 7 nitrogen and oxygen atoms in total. The summed E-state index contributed by atoms with van der Waals surface area (Å²) < 4.78 is 15.5. The van der Waals surface area contributed by atoms with Crippen molar-refractivity contribution in [3.63, 3.8) is 0 Å². The van der Waals surface area contributed by atoms with Gasteiger partial charge in [-0.05, 0) is 38.1 Å². The molecule has 0 saturated heterocycles. The van der Waals surface area contributed by atoms with Crippen LogP contribution >= 0.6 is 0 Å². The Morgan fingerprint density at radius 1 is 1.25 bits per heavy atom. The van der Waals surface area contributed by atoms with Crippen molar-refractivity contribution in [2.45, 2.75) is 19.4 Å². The zero-order chi connectivity index (χ0) is 19.9. The Labute approximate surface area is 160 Å². The minimum atomic E-state index is -1.08. The molecule has 28 heavy (non-hydrogen) atoms. The van der Waals surface area contributed by atoms with Crippen LogP contribution in [0.25, 0.3) is 16.8 Å². The number of nitrogens with zero attached hydrogens (tertiary/aromatic N) is 6. The molecule has 4 aromatic rings. The predicted molar refractivity (Wildman–Crippen MR) is 104 cm³/mol. The maximum absolute atomic E-state index is 13.9. The number of pyridine rings is 1. The van der Waals surface area contributed by atoms with E-state index in [0.29, 0.717) is 22.6 Å². The van der Waals surface area contributed by atoms with Crippen molar-refractivity contribution in [3.05, 3.63) is 54.2 Å². The minimum absolute atomic E-state index is 0.367. The molecule has 3 heterocycles. The standard InChI is InChI=1S/C20H17FN6O/c1-20(2,28)8-7-13-5-4-6-15(9-13)26(3)18-16-10-14(21)11-22-17(16)27-12-23-25-19(27)24-18/h4-6,9-12,28H,1-3H3. The number of halogens is 1. The third kappa shape index (κ3) is 3.35. The number of aromatic nitrogens is 5. The Morgan fingerprint density at radius 3 is 2.86 bits per heavy atom. The molecule has 0 unspecified atom stereocenters. The Balaban J connectivity index is 1.85. The van der Waals surface area contributed by atoms with Gasteiger partial charge in [-0.3, -0.25) is 0 Å². The molecule has 1 aromatic carbocycles. The Kier molecular flexibility index (Phi) is 4.17. The normalized spacial score (nSPS) is 11.5. The number of fused-ring (bicyclic) bond motifs is 3. The number of benzene rings is 1. The summed E-state index contributed by atoms with van der Waals surface area (Å²) in [7, 11) is 1.82. The van der Waals surface area contributed by atoms with E-state index in [1.165, 1.54) is 12.4 Å². The first-order valence-corrected chi connectivity index (χ1v) is 8.56. The topological polar surface area (TPSA) is 79.4 Å². The summed E-state index contributed by atoms with van der Waals surface area (Å²) in [5.41, 5.74) is 0.964. The Morgan fingerprint density at radius 2 is 2.07 bits per heavy atom. The van der Waals surface area contributed by atoms with E-state index in [2.05, 4.69) is 32.0 Å². The summed E-state index contributed by atoms with van der Waals surface area (Å²) in [5, 5.41) is 18.2. The van der Waals surface area contributed by atoms with Crippen LogP contribution in [0.4, 0.5) is 15.9 Å². The van der Waals surface area contributed by atoms with E-state index in [1.54, 1.807) is 18.2 Å². The number of hydrogen-bond acceptors (Lipinski definition) is 6.